The van der Waals surface area contributed by atoms with E-state index in [0.717, 1.165) is 5.56 Å². The van der Waals surface area contributed by atoms with E-state index in [1.807, 2.05) is 0 Å². The minimum atomic E-state index is -4.25. The third-order valence-corrected chi connectivity index (χ3v) is 3.68. The lowest BCUT2D eigenvalue weighted by molar-refractivity contribution is -0.127. The first-order valence-corrected chi connectivity index (χ1v) is 7.70. The Morgan fingerprint density at radius 2 is 1.88 bits per heavy atom. The molecule has 24 heavy (non-hydrogen) atoms. The van der Waals surface area contributed by atoms with Crippen LogP contribution in [-0.2, 0) is 11.2 Å². The Balaban J connectivity index is 2.02. The predicted molar refractivity (Wildman–Crippen MR) is 83.3 cm³/mol. The highest BCUT2D eigenvalue weighted by atomic mass is 19.4. The molecular weight excluding hydrogens is 323 g/mol. The second-order valence-electron chi connectivity index (χ2n) is 6.95. The zero-order valence-electron chi connectivity index (χ0n) is 14.2. The van der Waals surface area contributed by atoms with Crippen LogP contribution < -0.4 is 4.74 Å². The quantitative estimate of drug-likeness (QED) is 0.827. The highest BCUT2D eigenvalue weighted by Crippen LogP contribution is 2.35. The van der Waals surface area contributed by atoms with E-state index in [4.69, 9.17) is 9.47 Å². The normalized spacial score (nSPS) is 15.9. The van der Waals surface area contributed by atoms with Crippen LogP contribution in [0.2, 0.25) is 0 Å². The summed E-state index contributed by atoms with van der Waals surface area (Å²) in [7, 11) is 1.43. The van der Waals surface area contributed by atoms with Gasteiger partial charge in [-0.15, -0.1) is 0 Å². The number of ether oxygens (including phenoxy) is 2. The van der Waals surface area contributed by atoms with Crippen molar-refractivity contribution in [1.82, 2.24) is 4.90 Å². The van der Waals surface area contributed by atoms with Gasteiger partial charge in [0.2, 0.25) is 0 Å². The molecule has 4 nitrogen and oxygen atoms in total. The van der Waals surface area contributed by atoms with Gasteiger partial charge in [0.25, 0.3) is 0 Å². The molecule has 1 aliphatic rings. The van der Waals surface area contributed by atoms with Crippen molar-refractivity contribution >= 4 is 6.09 Å². The van der Waals surface area contributed by atoms with Crippen LogP contribution in [0.4, 0.5) is 18.0 Å². The van der Waals surface area contributed by atoms with E-state index < -0.39 is 18.2 Å². The van der Waals surface area contributed by atoms with Gasteiger partial charge in [-0.2, -0.15) is 13.2 Å². The smallest absolute Gasteiger partial charge is 0.410 e. The summed E-state index contributed by atoms with van der Waals surface area (Å²) in [6, 6.07) is 4.53. The average Bonchev–Trinajstić information content (AvgIpc) is 2.34. The van der Waals surface area contributed by atoms with Crippen LogP contribution in [0.25, 0.3) is 0 Å². The average molecular weight is 345 g/mol. The molecule has 2 rings (SSSR count). The van der Waals surface area contributed by atoms with Crippen LogP contribution >= 0.6 is 0 Å². The lowest BCUT2D eigenvalue weighted by Crippen LogP contribution is -2.50. The van der Waals surface area contributed by atoms with Gasteiger partial charge in [0, 0.05) is 24.6 Å². The number of likely N-dealkylation sites (tertiary alicyclic amines) is 1. The summed E-state index contributed by atoms with van der Waals surface area (Å²) >= 11 is 0. The molecule has 0 radical (unpaired) electrons. The minimum absolute atomic E-state index is 0.0346. The molecule has 0 N–H and O–H groups in total. The van der Waals surface area contributed by atoms with E-state index in [2.05, 4.69) is 0 Å². The third kappa shape index (κ3) is 4.79. The number of rotatable bonds is 3. The topological polar surface area (TPSA) is 38.8 Å². The highest BCUT2D eigenvalue weighted by Gasteiger charge is 2.36. The second-order valence-corrected chi connectivity index (χ2v) is 6.95. The Kier molecular flexibility index (Phi) is 5.01. The fourth-order valence-electron chi connectivity index (χ4n) is 2.59. The van der Waals surface area contributed by atoms with Crippen LogP contribution in [-0.4, -0.2) is 43.0 Å². The number of halogens is 3. The van der Waals surface area contributed by atoms with Crippen molar-refractivity contribution in [2.75, 3.05) is 20.2 Å². The lowest BCUT2D eigenvalue weighted by Gasteiger charge is -2.40. The molecule has 1 aliphatic heterocycles. The summed E-state index contributed by atoms with van der Waals surface area (Å²) in [5.74, 6) is 0.456. The molecule has 1 aromatic carbocycles. The van der Waals surface area contributed by atoms with Gasteiger partial charge in [-0.25, -0.2) is 4.79 Å². The van der Waals surface area contributed by atoms with E-state index in [1.165, 1.54) is 19.2 Å². The van der Waals surface area contributed by atoms with Crippen LogP contribution in [0.5, 0.6) is 5.75 Å². The maximum atomic E-state index is 12.5. The molecule has 1 saturated heterocycles. The van der Waals surface area contributed by atoms with Crippen LogP contribution in [0.15, 0.2) is 18.2 Å². The summed E-state index contributed by atoms with van der Waals surface area (Å²) < 4.78 is 48.0. The van der Waals surface area contributed by atoms with Crippen molar-refractivity contribution in [3.63, 3.8) is 0 Å². The molecule has 0 unspecified atom stereocenters. The maximum absolute atomic E-state index is 12.5. The number of alkyl halides is 3. The van der Waals surface area contributed by atoms with E-state index in [0.29, 0.717) is 18.8 Å². The minimum Gasteiger partial charge on any atom is -0.496 e. The van der Waals surface area contributed by atoms with Crippen molar-refractivity contribution in [2.45, 2.75) is 44.9 Å². The molecule has 0 saturated carbocycles. The predicted octanol–water partition coefficient (Wildman–Crippen LogP) is 4.13. The number of hydrogen-bond donors (Lipinski definition) is 0. The van der Waals surface area contributed by atoms with Gasteiger partial charge >= 0.3 is 12.3 Å². The SMILES string of the molecule is COc1cc(CC(F)(F)F)ccc1C1CN(C(=O)OC(C)(C)C)C1. The summed E-state index contributed by atoms with van der Waals surface area (Å²) in [5, 5.41) is 0. The van der Waals surface area contributed by atoms with E-state index in [1.54, 1.807) is 31.7 Å². The molecular formula is C17H22F3NO3. The number of nitrogens with zero attached hydrogens (tertiary/aromatic N) is 1. The molecule has 1 aromatic rings. The fraction of sp³-hybridized carbons (Fsp3) is 0.588. The van der Waals surface area contributed by atoms with Gasteiger partial charge in [0.15, 0.2) is 0 Å². The van der Waals surface area contributed by atoms with Crippen LogP contribution in [0.3, 0.4) is 0 Å². The standard InChI is InChI=1S/C17H22F3NO3/c1-16(2,3)24-15(22)21-9-12(10-21)13-6-5-11(7-14(13)23-4)8-17(18,19)20/h5-7,12H,8-10H2,1-4H3. The number of benzene rings is 1. The number of amides is 1. The van der Waals surface area contributed by atoms with Gasteiger partial charge in [0.1, 0.15) is 11.4 Å². The number of methoxy groups -OCH3 is 1. The van der Waals surface area contributed by atoms with Gasteiger partial charge in [-0.3, -0.25) is 0 Å². The Morgan fingerprint density at radius 3 is 2.38 bits per heavy atom. The van der Waals surface area contributed by atoms with Gasteiger partial charge in [0.05, 0.1) is 13.5 Å². The lowest BCUT2D eigenvalue weighted by atomic mass is 9.90. The molecule has 0 atom stereocenters. The summed E-state index contributed by atoms with van der Waals surface area (Å²) in [6.07, 6.45) is -5.62. The summed E-state index contributed by atoms with van der Waals surface area (Å²) in [5.41, 5.74) is 0.411. The molecule has 0 spiro atoms. The molecule has 7 heteroatoms. The molecule has 1 amide bonds. The Labute approximate surface area is 139 Å². The fourth-order valence-corrected chi connectivity index (χ4v) is 2.59. The second kappa shape index (κ2) is 6.53. The number of hydrogen-bond acceptors (Lipinski definition) is 3. The Hall–Kier alpha value is -1.92. The van der Waals surface area contributed by atoms with Crippen molar-refractivity contribution < 1.29 is 27.4 Å². The van der Waals surface area contributed by atoms with Crippen molar-refractivity contribution in [3.8, 4) is 5.75 Å². The third-order valence-electron chi connectivity index (χ3n) is 3.68. The van der Waals surface area contributed by atoms with E-state index in [9.17, 15) is 18.0 Å². The molecule has 1 fully saturated rings. The first kappa shape index (κ1) is 18.4. The van der Waals surface area contributed by atoms with Crippen LogP contribution in [0, 0.1) is 0 Å². The largest absolute Gasteiger partial charge is 0.496 e. The van der Waals surface area contributed by atoms with Gasteiger partial charge in [-0.05, 0) is 32.4 Å². The molecule has 134 valence electrons. The van der Waals surface area contributed by atoms with Crippen molar-refractivity contribution in [3.05, 3.63) is 29.3 Å². The van der Waals surface area contributed by atoms with Gasteiger partial charge in [-0.1, -0.05) is 12.1 Å². The molecule has 0 aromatic heterocycles. The van der Waals surface area contributed by atoms with Gasteiger partial charge < -0.3 is 14.4 Å². The van der Waals surface area contributed by atoms with Crippen molar-refractivity contribution in [2.24, 2.45) is 0 Å². The number of carbonyl (C=O) groups is 1. The summed E-state index contributed by atoms with van der Waals surface area (Å²) in [6.45, 7) is 6.31. The van der Waals surface area contributed by atoms with Crippen molar-refractivity contribution in [1.29, 1.82) is 0 Å². The Bertz CT molecular complexity index is 602. The molecule has 0 bridgehead atoms. The monoisotopic (exact) mass is 345 g/mol. The summed E-state index contributed by atoms with van der Waals surface area (Å²) in [4.78, 5) is 13.5. The zero-order valence-corrected chi connectivity index (χ0v) is 14.2. The van der Waals surface area contributed by atoms with E-state index >= 15 is 0 Å². The first-order chi connectivity index (χ1) is 11.0. The van der Waals surface area contributed by atoms with E-state index in [-0.39, 0.29) is 17.6 Å². The highest BCUT2D eigenvalue weighted by molar-refractivity contribution is 5.69. The molecule has 0 aliphatic carbocycles. The first-order valence-electron chi connectivity index (χ1n) is 7.70. The molecule has 1 heterocycles. The Morgan fingerprint density at radius 1 is 1.25 bits per heavy atom. The maximum Gasteiger partial charge on any atom is 0.410 e. The number of carbonyl (C=O) groups excluding carboxylic acids is 1. The zero-order chi connectivity index (χ0) is 18.1. The van der Waals surface area contributed by atoms with Crippen LogP contribution in [0.1, 0.15) is 37.8 Å².